The number of aliphatic hydroxyl groups excluding tert-OH is 3. The second-order valence-corrected chi connectivity index (χ2v) is 12.7. The minimum Gasteiger partial charge on any atom is -0.460 e. The monoisotopic (exact) mass is 598 g/mol. The highest BCUT2D eigenvalue weighted by atomic mass is 16.8. The lowest BCUT2D eigenvalue weighted by Gasteiger charge is -2.29. The van der Waals surface area contributed by atoms with Gasteiger partial charge in [-0.05, 0) is 53.0 Å². The molecule has 2 rings (SSSR count). The van der Waals surface area contributed by atoms with Crippen molar-refractivity contribution in [2.24, 2.45) is 0 Å². The molecule has 242 valence electrons. The Hall–Kier alpha value is -2.05. The first-order chi connectivity index (χ1) is 19.7. The zero-order valence-corrected chi connectivity index (χ0v) is 26.3. The number of hydrogen-bond acceptors (Lipinski definition) is 9. The molecule has 11 nitrogen and oxygen atoms in total. The second-order valence-electron chi connectivity index (χ2n) is 12.7. The Bertz CT molecular complexity index is 905. The van der Waals surface area contributed by atoms with E-state index in [2.05, 4.69) is 24.5 Å². The van der Waals surface area contributed by atoms with Crippen LogP contribution < -0.4 is 10.6 Å². The smallest absolute Gasteiger partial charge is 0.306 e. The molecule has 0 aromatic heterocycles. The number of ether oxygens (including phenoxy) is 3. The number of rotatable bonds is 17. The van der Waals surface area contributed by atoms with E-state index < -0.39 is 72.3 Å². The van der Waals surface area contributed by atoms with E-state index in [1.165, 1.54) is 6.92 Å². The van der Waals surface area contributed by atoms with Crippen molar-refractivity contribution in [1.82, 2.24) is 10.6 Å². The van der Waals surface area contributed by atoms with Crippen molar-refractivity contribution in [2.75, 3.05) is 6.61 Å². The molecular weight excluding hydrogens is 544 g/mol. The third-order valence-corrected chi connectivity index (χ3v) is 7.55. The van der Waals surface area contributed by atoms with Gasteiger partial charge >= 0.3 is 5.97 Å². The van der Waals surface area contributed by atoms with Gasteiger partial charge in [0.2, 0.25) is 11.8 Å². The van der Waals surface area contributed by atoms with Gasteiger partial charge < -0.3 is 40.2 Å². The molecule has 0 bridgehead atoms. The molecule has 1 aliphatic heterocycles. The Labute approximate surface area is 250 Å². The van der Waals surface area contributed by atoms with Crippen molar-refractivity contribution in [2.45, 2.75) is 160 Å². The van der Waals surface area contributed by atoms with Crippen molar-refractivity contribution in [3.05, 3.63) is 11.6 Å². The molecule has 11 heteroatoms. The van der Waals surface area contributed by atoms with Crippen LogP contribution in [0.5, 0.6) is 0 Å². The number of aliphatic hydroxyl groups is 3. The van der Waals surface area contributed by atoms with Crippen LogP contribution in [0.15, 0.2) is 11.6 Å². The van der Waals surface area contributed by atoms with Crippen LogP contribution in [-0.2, 0) is 28.6 Å². The van der Waals surface area contributed by atoms with Crippen LogP contribution in [0, 0.1) is 0 Å². The Balaban J connectivity index is 2.07. The van der Waals surface area contributed by atoms with E-state index in [4.69, 9.17) is 14.2 Å². The second kappa shape index (κ2) is 16.7. The fraction of sp³-hybridized carbons (Fsp3) is 0.839. The molecule has 1 heterocycles. The zero-order chi connectivity index (χ0) is 31.5. The molecule has 1 fully saturated rings. The summed E-state index contributed by atoms with van der Waals surface area (Å²) in [5.41, 5.74) is -0.410. The van der Waals surface area contributed by atoms with Gasteiger partial charge in [-0.1, -0.05) is 39.5 Å². The van der Waals surface area contributed by atoms with Gasteiger partial charge in [-0.25, -0.2) is 0 Å². The van der Waals surface area contributed by atoms with Crippen molar-refractivity contribution in [1.29, 1.82) is 0 Å². The summed E-state index contributed by atoms with van der Waals surface area (Å²) in [6, 6.07) is -2.11. The third kappa shape index (κ3) is 11.2. The van der Waals surface area contributed by atoms with E-state index in [9.17, 15) is 29.7 Å². The summed E-state index contributed by atoms with van der Waals surface area (Å²) in [5.74, 6) is -2.58. The highest BCUT2D eigenvalue weighted by Crippen LogP contribution is 2.42. The molecule has 0 radical (unpaired) electrons. The van der Waals surface area contributed by atoms with Crippen LogP contribution >= 0.6 is 0 Å². The lowest BCUT2D eigenvalue weighted by molar-refractivity contribution is -0.190. The number of unbranched alkanes of at least 4 members (excludes halogenated alkanes) is 4. The Kier molecular flexibility index (Phi) is 14.4. The van der Waals surface area contributed by atoms with Crippen LogP contribution in [0.4, 0.5) is 0 Å². The largest absolute Gasteiger partial charge is 0.460 e. The Morgan fingerprint density at radius 1 is 1.07 bits per heavy atom. The average molecular weight is 599 g/mol. The SMILES string of the molecule is CCCCCC1(CCCCC)O[C@H]2[C@H](O)CC(C(=O)N[C@@H](C(=O)N[C@H](CO)CCC(=O)OC(C)(C)C)[C@H](C)O)=C[C@H]2O1. The van der Waals surface area contributed by atoms with Crippen molar-refractivity contribution in [3.8, 4) is 0 Å². The van der Waals surface area contributed by atoms with Gasteiger partial charge in [0, 0.05) is 31.3 Å². The molecule has 2 amide bonds. The number of carbonyl (C=O) groups is 3. The quantitative estimate of drug-likeness (QED) is 0.125. The summed E-state index contributed by atoms with van der Waals surface area (Å²) < 4.78 is 18.0. The molecule has 6 atom stereocenters. The van der Waals surface area contributed by atoms with Gasteiger partial charge in [0.15, 0.2) is 5.79 Å². The maximum Gasteiger partial charge on any atom is 0.306 e. The number of hydrogen-bond donors (Lipinski definition) is 5. The fourth-order valence-electron chi connectivity index (χ4n) is 5.33. The minimum absolute atomic E-state index is 0.0136. The van der Waals surface area contributed by atoms with Crippen molar-refractivity contribution >= 4 is 17.8 Å². The van der Waals surface area contributed by atoms with E-state index >= 15 is 0 Å². The number of carbonyl (C=O) groups excluding carboxylic acids is 3. The van der Waals surface area contributed by atoms with Crippen LogP contribution in [0.2, 0.25) is 0 Å². The highest BCUT2D eigenvalue weighted by molar-refractivity contribution is 5.97. The molecule has 42 heavy (non-hydrogen) atoms. The van der Waals surface area contributed by atoms with Crippen LogP contribution in [0.3, 0.4) is 0 Å². The first-order valence-electron chi connectivity index (χ1n) is 15.6. The van der Waals surface area contributed by atoms with E-state index in [-0.39, 0.29) is 24.8 Å². The van der Waals surface area contributed by atoms with Gasteiger partial charge in [-0.2, -0.15) is 0 Å². The maximum absolute atomic E-state index is 13.2. The lowest BCUT2D eigenvalue weighted by Crippen LogP contribution is -2.55. The predicted octanol–water partition coefficient (Wildman–Crippen LogP) is 2.78. The minimum atomic E-state index is -1.33. The molecule has 0 spiro atoms. The van der Waals surface area contributed by atoms with E-state index in [1.54, 1.807) is 26.8 Å². The fourth-order valence-corrected chi connectivity index (χ4v) is 5.33. The summed E-state index contributed by atoms with van der Waals surface area (Å²) >= 11 is 0. The normalized spacial score (nSPS) is 23.7. The molecule has 2 aliphatic rings. The topological polar surface area (TPSA) is 164 Å². The van der Waals surface area contributed by atoms with Crippen molar-refractivity contribution < 1.29 is 43.9 Å². The molecule has 0 aromatic carbocycles. The summed E-state index contributed by atoms with van der Waals surface area (Å²) in [4.78, 5) is 38.3. The van der Waals surface area contributed by atoms with E-state index in [0.717, 1.165) is 38.5 Å². The molecule has 0 saturated carbocycles. The van der Waals surface area contributed by atoms with E-state index in [1.807, 2.05) is 0 Å². The number of fused-ring (bicyclic) bond motifs is 1. The first-order valence-corrected chi connectivity index (χ1v) is 15.6. The third-order valence-electron chi connectivity index (χ3n) is 7.55. The number of nitrogens with one attached hydrogen (secondary N) is 2. The molecule has 1 saturated heterocycles. The standard InChI is InChI=1S/C31H54N2O9/c1-7-9-11-15-31(16-12-10-8-2)40-24-18-21(17-23(36)27(24)42-31)28(38)33-26(20(3)35)29(39)32-22(19-34)13-14-25(37)41-30(4,5)6/h18,20,22-24,26-27,34-36H,7-17,19H2,1-6H3,(H,32,39)(H,33,38)/t20-,22-,23+,24+,26+,27-/m0/s1. The van der Waals surface area contributed by atoms with Crippen LogP contribution in [0.1, 0.15) is 112 Å². The van der Waals surface area contributed by atoms with Crippen molar-refractivity contribution in [3.63, 3.8) is 0 Å². The molecule has 0 aromatic rings. The van der Waals surface area contributed by atoms with Gasteiger partial charge in [-0.15, -0.1) is 0 Å². The molecule has 5 N–H and O–H groups in total. The number of amides is 2. The summed E-state index contributed by atoms with van der Waals surface area (Å²) in [6.45, 7) is 10.4. The van der Waals surface area contributed by atoms with Gasteiger partial charge in [0.25, 0.3) is 0 Å². The average Bonchev–Trinajstić information content (AvgIpc) is 3.27. The summed E-state index contributed by atoms with van der Waals surface area (Å²) in [6.07, 6.45) is 5.86. The Morgan fingerprint density at radius 2 is 1.69 bits per heavy atom. The first kappa shape index (κ1) is 36.1. The highest BCUT2D eigenvalue weighted by Gasteiger charge is 2.51. The van der Waals surface area contributed by atoms with Crippen LogP contribution in [-0.4, -0.2) is 87.6 Å². The summed E-state index contributed by atoms with van der Waals surface area (Å²) in [5, 5.41) is 36.1. The van der Waals surface area contributed by atoms with Gasteiger partial charge in [0.1, 0.15) is 23.9 Å². The van der Waals surface area contributed by atoms with Gasteiger partial charge in [-0.3, -0.25) is 14.4 Å². The zero-order valence-electron chi connectivity index (χ0n) is 26.3. The molecular formula is C31H54N2O9. The number of esters is 1. The predicted molar refractivity (Wildman–Crippen MR) is 157 cm³/mol. The van der Waals surface area contributed by atoms with Crippen LogP contribution in [0.25, 0.3) is 0 Å². The van der Waals surface area contributed by atoms with Gasteiger partial charge in [0.05, 0.1) is 24.9 Å². The lowest BCUT2D eigenvalue weighted by atomic mass is 9.91. The molecule has 0 unspecified atom stereocenters. The Morgan fingerprint density at radius 3 is 2.21 bits per heavy atom. The summed E-state index contributed by atoms with van der Waals surface area (Å²) in [7, 11) is 0. The molecule has 1 aliphatic carbocycles. The van der Waals surface area contributed by atoms with E-state index in [0.29, 0.717) is 12.8 Å². The maximum atomic E-state index is 13.2.